The summed E-state index contributed by atoms with van der Waals surface area (Å²) in [5, 5.41) is 0.193. The summed E-state index contributed by atoms with van der Waals surface area (Å²) < 4.78 is 11.0. The van der Waals surface area contributed by atoms with E-state index >= 15 is 0 Å². The van der Waals surface area contributed by atoms with Crippen LogP contribution < -0.4 is 4.74 Å². The monoisotopic (exact) mass is 391 g/mol. The second-order valence-electron chi connectivity index (χ2n) is 6.65. The van der Waals surface area contributed by atoms with Crippen LogP contribution in [0, 0.1) is 0 Å². The molecule has 2 rings (SSSR count). The van der Waals surface area contributed by atoms with Crippen LogP contribution in [-0.4, -0.2) is 48.8 Å². The van der Waals surface area contributed by atoms with Crippen molar-refractivity contribution >= 4 is 29.1 Å². The van der Waals surface area contributed by atoms with Crippen LogP contribution in [-0.2, 0) is 14.3 Å². The fraction of sp³-hybridized carbons (Fsp3) is 0.524. The Morgan fingerprint density at radius 2 is 1.78 bits per heavy atom. The number of thioether (sulfide) groups is 1. The molecule has 0 unspecified atom stereocenters. The fourth-order valence-electron chi connectivity index (χ4n) is 2.86. The molecule has 1 heterocycles. The van der Waals surface area contributed by atoms with Crippen LogP contribution in [0.1, 0.15) is 45.6 Å². The van der Waals surface area contributed by atoms with Crippen molar-refractivity contribution in [1.82, 2.24) is 4.90 Å². The van der Waals surface area contributed by atoms with Gasteiger partial charge in [-0.15, -0.1) is 11.8 Å². The van der Waals surface area contributed by atoms with Crippen LogP contribution >= 0.6 is 11.8 Å². The van der Waals surface area contributed by atoms with Gasteiger partial charge in [-0.05, 0) is 18.9 Å². The summed E-state index contributed by atoms with van der Waals surface area (Å²) in [5.41, 5.74) is 1.12. The van der Waals surface area contributed by atoms with E-state index in [1.165, 1.54) is 16.7 Å². The highest BCUT2D eigenvalue weighted by Gasteiger charge is 2.40. The highest BCUT2D eigenvalue weighted by Crippen LogP contribution is 2.40. The van der Waals surface area contributed by atoms with Crippen molar-refractivity contribution in [2.24, 2.45) is 0 Å². The molecule has 0 atom stereocenters. The lowest BCUT2D eigenvalue weighted by Crippen LogP contribution is -2.33. The van der Waals surface area contributed by atoms with Gasteiger partial charge in [0.1, 0.15) is 5.75 Å². The summed E-state index contributed by atoms with van der Waals surface area (Å²) in [5.74, 6) is 0.134. The van der Waals surface area contributed by atoms with E-state index in [9.17, 15) is 9.59 Å². The minimum Gasteiger partial charge on any atom is -0.496 e. The predicted molar refractivity (Wildman–Crippen MR) is 110 cm³/mol. The van der Waals surface area contributed by atoms with E-state index in [1.807, 2.05) is 38.1 Å². The zero-order valence-corrected chi connectivity index (χ0v) is 17.4. The van der Waals surface area contributed by atoms with E-state index < -0.39 is 0 Å². The smallest absolute Gasteiger partial charge is 0.267 e. The van der Waals surface area contributed by atoms with Crippen molar-refractivity contribution in [2.75, 3.05) is 26.9 Å². The van der Waals surface area contributed by atoms with Gasteiger partial charge < -0.3 is 9.47 Å². The molecule has 0 saturated heterocycles. The molecule has 27 heavy (non-hydrogen) atoms. The molecule has 0 bridgehead atoms. The number of hydrogen-bond acceptors (Lipinski definition) is 5. The zero-order chi connectivity index (χ0) is 19.8. The van der Waals surface area contributed by atoms with Crippen molar-refractivity contribution in [2.45, 2.75) is 45.3 Å². The van der Waals surface area contributed by atoms with Gasteiger partial charge in [0.2, 0.25) is 0 Å². The predicted octanol–water partition coefficient (Wildman–Crippen LogP) is 4.12. The summed E-state index contributed by atoms with van der Waals surface area (Å²) in [7, 11) is 1.57. The summed E-state index contributed by atoms with van der Waals surface area (Å²) in [4.78, 5) is 27.9. The first-order valence-corrected chi connectivity index (χ1v) is 10.4. The van der Waals surface area contributed by atoms with Gasteiger partial charge in [-0.3, -0.25) is 14.5 Å². The van der Waals surface area contributed by atoms with Crippen LogP contribution in [0.25, 0.3) is 5.57 Å². The molecule has 1 aromatic carbocycles. The number of nitrogens with zero attached hydrogens (tertiary/aromatic N) is 1. The van der Waals surface area contributed by atoms with Crippen LogP contribution in [0.3, 0.4) is 0 Å². The van der Waals surface area contributed by atoms with Crippen LogP contribution in [0.4, 0.5) is 0 Å². The van der Waals surface area contributed by atoms with Crippen molar-refractivity contribution in [3.05, 3.63) is 34.7 Å². The van der Waals surface area contributed by atoms with Gasteiger partial charge in [-0.1, -0.05) is 45.4 Å². The zero-order valence-electron chi connectivity index (χ0n) is 16.6. The van der Waals surface area contributed by atoms with E-state index in [1.54, 1.807) is 7.11 Å². The van der Waals surface area contributed by atoms with Gasteiger partial charge in [-0.2, -0.15) is 0 Å². The number of methoxy groups -OCH3 is 1. The number of unbranched alkanes of at least 4 members (excludes halogenated alkanes) is 1. The normalized spacial score (nSPS) is 14.6. The molecule has 0 saturated carbocycles. The van der Waals surface area contributed by atoms with Crippen LogP contribution in [0.15, 0.2) is 29.2 Å². The molecule has 1 aliphatic heterocycles. The number of para-hydroxylation sites is 1. The maximum atomic E-state index is 13.1. The Morgan fingerprint density at radius 3 is 2.44 bits per heavy atom. The minimum atomic E-state index is -0.249. The Balaban J connectivity index is 2.20. The minimum absolute atomic E-state index is 0.193. The van der Waals surface area contributed by atoms with Crippen molar-refractivity contribution in [3.63, 3.8) is 0 Å². The van der Waals surface area contributed by atoms with Crippen LogP contribution in [0.5, 0.6) is 5.75 Å². The Morgan fingerprint density at radius 1 is 1.07 bits per heavy atom. The van der Waals surface area contributed by atoms with E-state index in [0.717, 1.165) is 19.4 Å². The Kier molecular flexibility index (Phi) is 8.38. The van der Waals surface area contributed by atoms with Gasteiger partial charge >= 0.3 is 0 Å². The second-order valence-corrected chi connectivity index (χ2v) is 8.24. The Hall–Kier alpha value is -1.79. The molecule has 0 spiro atoms. The van der Waals surface area contributed by atoms with Crippen molar-refractivity contribution < 1.29 is 19.1 Å². The maximum Gasteiger partial charge on any atom is 0.267 e. The number of ether oxygens (including phenoxy) is 2. The third kappa shape index (κ3) is 5.36. The lowest BCUT2D eigenvalue weighted by Gasteiger charge is -2.15. The first-order chi connectivity index (χ1) is 13.0. The maximum absolute atomic E-state index is 13.1. The first-order valence-electron chi connectivity index (χ1n) is 9.49. The molecule has 0 radical (unpaired) electrons. The van der Waals surface area contributed by atoms with Crippen molar-refractivity contribution in [3.8, 4) is 5.75 Å². The molecule has 1 aromatic rings. The van der Waals surface area contributed by atoms with E-state index in [4.69, 9.17) is 9.47 Å². The molecule has 6 heteroatoms. The third-order valence-corrected chi connectivity index (χ3v) is 5.25. The standard InChI is InChI=1S/C21H29NO4S/c1-5-6-13-26-14-9-12-22-20(23)18(19(21(22)24)27-15(2)3)16-10-7-8-11-17(16)25-4/h7-8,10-11,15H,5-6,9,12-14H2,1-4H3. The largest absolute Gasteiger partial charge is 0.496 e. The lowest BCUT2D eigenvalue weighted by atomic mass is 10.1. The fourth-order valence-corrected chi connectivity index (χ4v) is 3.86. The quantitative estimate of drug-likeness (QED) is 0.419. The molecule has 5 nitrogen and oxygen atoms in total. The van der Waals surface area contributed by atoms with Gasteiger partial charge in [0.05, 0.1) is 17.6 Å². The molecule has 148 valence electrons. The van der Waals surface area contributed by atoms with E-state index in [0.29, 0.717) is 41.4 Å². The number of rotatable bonds is 11. The van der Waals surface area contributed by atoms with E-state index in [2.05, 4.69) is 6.92 Å². The van der Waals surface area contributed by atoms with Gasteiger partial charge in [0.25, 0.3) is 11.8 Å². The number of carbonyl (C=O) groups is 2. The highest BCUT2D eigenvalue weighted by atomic mass is 32.2. The SMILES string of the molecule is CCCCOCCCN1C(=O)C(SC(C)C)=C(c2ccccc2OC)C1=O. The number of hydrogen-bond donors (Lipinski definition) is 0. The average molecular weight is 392 g/mol. The molecule has 0 aliphatic carbocycles. The Bertz CT molecular complexity index is 699. The van der Waals surface area contributed by atoms with Gasteiger partial charge in [0.15, 0.2) is 0 Å². The average Bonchev–Trinajstić information content (AvgIpc) is 2.88. The number of carbonyl (C=O) groups excluding carboxylic acids is 2. The molecular weight excluding hydrogens is 362 g/mol. The Labute approximate surface area is 166 Å². The summed E-state index contributed by atoms with van der Waals surface area (Å²) in [6.45, 7) is 7.78. The van der Waals surface area contributed by atoms with Gasteiger partial charge in [-0.25, -0.2) is 0 Å². The topological polar surface area (TPSA) is 55.8 Å². The summed E-state index contributed by atoms with van der Waals surface area (Å²) in [6.07, 6.45) is 2.75. The molecule has 1 aliphatic rings. The van der Waals surface area contributed by atoms with Crippen molar-refractivity contribution in [1.29, 1.82) is 0 Å². The molecule has 2 amide bonds. The number of imide groups is 1. The highest BCUT2D eigenvalue weighted by molar-refractivity contribution is 8.04. The van der Waals surface area contributed by atoms with E-state index in [-0.39, 0.29) is 17.1 Å². The number of amides is 2. The third-order valence-electron chi connectivity index (χ3n) is 4.17. The first kappa shape index (κ1) is 21.5. The second kappa shape index (κ2) is 10.5. The van der Waals surface area contributed by atoms with Gasteiger partial charge in [0, 0.05) is 30.6 Å². The molecule has 0 aromatic heterocycles. The molecule has 0 N–H and O–H groups in total. The molecule has 0 fully saturated rings. The number of benzene rings is 1. The van der Waals surface area contributed by atoms with Crippen LogP contribution in [0.2, 0.25) is 0 Å². The molecular formula is C21H29NO4S. The summed E-state index contributed by atoms with van der Waals surface area (Å²) in [6, 6.07) is 7.34. The lowest BCUT2D eigenvalue weighted by molar-refractivity contribution is -0.136. The summed E-state index contributed by atoms with van der Waals surface area (Å²) >= 11 is 1.43.